The number of hydrogen-bond donors (Lipinski definition) is 2. The molecule has 3 rings (SSSR count). The van der Waals surface area contributed by atoms with Gasteiger partial charge in [-0.2, -0.15) is 0 Å². The molecule has 0 amide bonds. The van der Waals surface area contributed by atoms with Crippen LogP contribution in [0.4, 0.5) is 0 Å². The number of thiophene rings is 1. The summed E-state index contributed by atoms with van der Waals surface area (Å²) in [5.74, 6) is 5.78. The lowest BCUT2D eigenvalue weighted by Gasteiger charge is -2.17. The summed E-state index contributed by atoms with van der Waals surface area (Å²) in [6, 6.07) is 16.7. The van der Waals surface area contributed by atoms with E-state index in [1.807, 2.05) is 12.1 Å². The zero-order valence-electron chi connectivity index (χ0n) is 10.1. The van der Waals surface area contributed by atoms with Gasteiger partial charge in [0.2, 0.25) is 0 Å². The molecule has 2 nitrogen and oxygen atoms in total. The van der Waals surface area contributed by atoms with E-state index in [0.717, 1.165) is 10.0 Å². The summed E-state index contributed by atoms with van der Waals surface area (Å²) >= 11 is 5.21. The molecular weight excluding hydrogens is 320 g/mol. The van der Waals surface area contributed by atoms with Crippen molar-refractivity contribution in [2.75, 3.05) is 0 Å². The second-order valence-electron chi connectivity index (χ2n) is 4.34. The molecule has 0 saturated heterocycles. The molecule has 0 spiro atoms. The summed E-state index contributed by atoms with van der Waals surface area (Å²) in [5, 5.41) is 3.38. The van der Waals surface area contributed by atoms with Crippen molar-refractivity contribution in [3.8, 4) is 0 Å². The molecule has 96 valence electrons. The fourth-order valence-corrected chi connectivity index (χ4v) is 3.47. The van der Waals surface area contributed by atoms with Gasteiger partial charge >= 0.3 is 0 Å². The number of fused-ring (bicyclic) bond motifs is 1. The Kier molecular flexibility index (Phi) is 3.66. The molecule has 0 aliphatic carbocycles. The fraction of sp³-hybridized carbons (Fsp3) is 0.0667. The molecule has 1 atom stereocenters. The molecule has 4 heteroatoms. The lowest BCUT2D eigenvalue weighted by Crippen LogP contribution is -2.28. The average molecular weight is 333 g/mol. The van der Waals surface area contributed by atoms with Gasteiger partial charge in [-0.1, -0.05) is 46.3 Å². The van der Waals surface area contributed by atoms with Crippen molar-refractivity contribution < 1.29 is 0 Å². The highest BCUT2D eigenvalue weighted by Crippen LogP contribution is 2.32. The van der Waals surface area contributed by atoms with Crippen LogP contribution < -0.4 is 11.3 Å². The topological polar surface area (TPSA) is 38.0 Å². The largest absolute Gasteiger partial charge is 0.271 e. The van der Waals surface area contributed by atoms with Crippen molar-refractivity contribution in [1.29, 1.82) is 0 Å². The molecule has 0 saturated carbocycles. The fourth-order valence-electron chi connectivity index (χ4n) is 2.26. The number of hydrazine groups is 1. The number of halogens is 1. The Hall–Kier alpha value is -1.20. The number of benzene rings is 2. The Labute approximate surface area is 124 Å². The first-order valence-corrected chi connectivity index (χ1v) is 7.64. The van der Waals surface area contributed by atoms with Crippen LogP contribution in [0.1, 0.15) is 17.2 Å². The lowest BCUT2D eigenvalue weighted by molar-refractivity contribution is 0.641. The maximum absolute atomic E-state index is 5.78. The summed E-state index contributed by atoms with van der Waals surface area (Å²) in [4.78, 5) is 0. The van der Waals surface area contributed by atoms with Crippen LogP contribution in [-0.4, -0.2) is 0 Å². The van der Waals surface area contributed by atoms with Crippen LogP contribution in [0.15, 0.2) is 58.4 Å². The highest BCUT2D eigenvalue weighted by molar-refractivity contribution is 9.10. The van der Waals surface area contributed by atoms with Gasteiger partial charge in [0.1, 0.15) is 0 Å². The zero-order valence-corrected chi connectivity index (χ0v) is 12.5. The minimum Gasteiger partial charge on any atom is -0.271 e. The highest BCUT2D eigenvalue weighted by Gasteiger charge is 2.15. The Morgan fingerprint density at radius 1 is 1.05 bits per heavy atom. The first kappa shape index (κ1) is 12.8. The van der Waals surface area contributed by atoms with E-state index in [2.05, 4.69) is 63.1 Å². The van der Waals surface area contributed by atoms with E-state index in [0.29, 0.717) is 0 Å². The zero-order chi connectivity index (χ0) is 13.2. The summed E-state index contributed by atoms with van der Waals surface area (Å²) in [6.07, 6.45) is 0. The number of rotatable bonds is 3. The van der Waals surface area contributed by atoms with Crippen molar-refractivity contribution in [2.45, 2.75) is 6.04 Å². The van der Waals surface area contributed by atoms with Crippen LogP contribution in [0.2, 0.25) is 0 Å². The maximum Gasteiger partial charge on any atom is 0.0724 e. The predicted octanol–water partition coefficient (Wildman–Crippen LogP) is 4.22. The van der Waals surface area contributed by atoms with Gasteiger partial charge in [0.25, 0.3) is 0 Å². The van der Waals surface area contributed by atoms with Crippen molar-refractivity contribution in [1.82, 2.24) is 5.43 Å². The van der Waals surface area contributed by atoms with Crippen LogP contribution in [0.3, 0.4) is 0 Å². The van der Waals surface area contributed by atoms with Crippen LogP contribution in [0.5, 0.6) is 0 Å². The second-order valence-corrected chi connectivity index (χ2v) is 6.17. The predicted molar refractivity (Wildman–Crippen MR) is 85.1 cm³/mol. The van der Waals surface area contributed by atoms with Crippen LogP contribution in [0.25, 0.3) is 10.1 Å². The van der Waals surface area contributed by atoms with Gasteiger partial charge in [0.05, 0.1) is 6.04 Å². The van der Waals surface area contributed by atoms with E-state index >= 15 is 0 Å². The molecule has 1 heterocycles. The molecule has 0 radical (unpaired) electrons. The first-order valence-electron chi connectivity index (χ1n) is 5.97. The molecule has 1 unspecified atom stereocenters. The minimum atomic E-state index is 0.00968. The van der Waals surface area contributed by atoms with Gasteiger partial charge in [0, 0.05) is 9.17 Å². The monoisotopic (exact) mass is 332 g/mol. The van der Waals surface area contributed by atoms with Gasteiger partial charge in [-0.15, -0.1) is 11.3 Å². The second kappa shape index (κ2) is 5.43. The Bertz CT molecular complexity index is 691. The van der Waals surface area contributed by atoms with E-state index in [1.165, 1.54) is 15.6 Å². The van der Waals surface area contributed by atoms with E-state index in [9.17, 15) is 0 Å². The van der Waals surface area contributed by atoms with Crippen molar-refractivity contribution >= 4 is 37.4 Å². The van der Waals surface area contributed by atoms with Crippen LogP contribution in [0, 0.1) is 0 Å². The third-order valence-corrected chi connectivity index (χ3v) is 4.70. The van der Waals surface area contributed by atoms with E-state index in [1.54, 1.807) is 11.3 Å². The van der Waals surface area contributed by atoms with E-state index < -0.39 is 0 Å². The molecule has 0 aliphatic rings. The third kappa shape index (κ3) is 2.44. The molecule has 0 aliphatic heterocycles. The van der Waals surface area contributed by atoms with Gasteiger partial charge in [-0.3, -0.25) is 5.84 Å². The number of hydrogen-bond acceptors (Lipinski definition) is 3. The van der Waals surface area contributed by atoms with Crippen LogP contribution >= 0.6 is 27.3 Å². The molecule has 19 heavy (non-hydrogen) atoms. The maximum atomic E-state index is 5.78. The molecule has 0 bridgehead atoms. The van der Waals surface area contributed by atoms with E-state index in [-0.39, 0.29) is 6.04 Å². The van der Waals surface area contributed by atoms with Gasteiger partial charge in [-0.05, 0) is 40.1 Å². The SMILES string of the molecule is NNC(c1ccc(Br)cc1)c1cccc2ccsc12. The van der Waals surface area contributed by atoms with Crippen molar-refractivity contribution in [2.24, 2.45) is 5.84 Å². The lowest BCUT2D eigenvalue weighted by atomic mass is 9.98. The summed E-state index contributed by atoms with van der Waals surface area (Å²) in [5.41, 5.74) is 5.31. The molecular formula is C15H13BrN2S. The molecule has 1 aromatic heterocycles. The van der Waals surface area contributed by atoms with Crippen molar-refractivity contribution in [3.05, 3.63) is 69.5 Å². The van der Waals surface area contributed by atoms with Gasteiger partial charge < -0.3 is 0 Å². The summed E-state index contributed by atoms with van der Waals surface area (Å²) in [7, 11) is 0. The number of nitrogens with two attached hydrogens (primary N) is 1. The smallest absolute Gasteiger partial charge is 0.0724 e. The molecule has 0 fully saturated rings. The average Bonchev–Trinajstić information content (AvgIpc) is 2.91. The van der Waals surface area contributed by atoms with Crippen LogP contribution in [-0.2, 0) is 0 Å². The highest BCUT2D eigenvalue weighted by atomic mass is 79.9. The summed E-state index contributed by atoms with van der Waals surface area (Å²) < 4.78 is 2.36. The van der Waals surface area contributed by atoms with Gasteiger partial charge in [-0.25, -0.2) is 5.43 Å². The first-order chi connectivity index (χ1) is 9.29. The Morgan fingerprint density at radius 3 is 2.58 bits per heavy atom. The normalized spacial score (nSPS) is 12.7. The summed E-state index contributed by atoms with van der Waals surface area (Å²) in [6.45, 7) is 0. The van der Waals surface area contributed by atoms with Gasteiger partial charge in [0.15, 0.2) is 0 Å². The van der Waals surface area contributed by atoms with E-state index in [4.69, 9.17) is 5.84 Å². The standard InChI is InChI=1S/C15H13BrN2S/c16-12-6-4-10(5-7-12)14(18-17)13-3-1-2-11-8-9-19-15(11)13/h1-9,14,18H,17H2. The molecule has 3 N–H and O–H groups in total. The Balaban J connectivity index is 2.11. The third-order valence-electron chi connectivity index (χ3n) is 3.19. The molecule has 3 aromatic rings. The molecule has 2 aromatic carbocycles. The minimum absolute atomic E-state index is 0.00968. The quantitative estimate of drug-likeness (QED) is 0.556. The Morgan fingerprint density at radius 2 is 1.84 bits per heavy atom. The number of nitrogens with one attached hydrogen (secondary N) is 1. The van der Waals surface area contributed by atoms with Crippen molar-refractivity contribution in [3.63, 3.8) is 0 Å².